The van der Waals surface area contributed by atoms with Crippen LogP contribution in [0.15, 0.2) is 29.1 Å². The van der Waals surface area contributed by atoms with E-state index in [4.69, 9.17) is 5.73 Å². The van der Waals surface area contributed by atoms with Crippen molar-refractivity contribution in [2.24, 2.45) is 17.6 Å². The van der Waals surface area contributed by atoms with Gasteiger partial charge in [0.2, 0.25) is 5.43 Å². The van der Waals surface area contributed by atoms with Crippen LogP contribution in [0.3, 0.4) is 0 Å². The number of carbonyl (C=O) groups excluding carboxylic acids is 1. The van der Waals surface area contributed by atoms with Crippen LogP contribution >= 0.6 is 12.4 Å². The number of hydrogen-bond donors (Lipinski definition) is 2. The zero-order valence-electron chi connectivity index (χ0n) is 15.6. The number of benzene rings is 1. The number of nitrogens with zero attached hydrogens (tertiary/aromatic N) is 2. The Kier molecular flexibility index (Phi) is 5.86. The number of aryl methyl sites for hydroxylation is 1. The maximum atomic E-state index is 12.9. The summed E-state index contributed by atoms with van der Waals surface area (Å²) in [7, 11) is 0. The van der Waals surface area contributed by atoms with Gasteiger partial charge in [0.1, 0.15) is 0 Å². The number of fused-ring (bicyclic) bond motifs is 3. The molecule has 146 valence electrons. The maximum absolute atomic E-state index is 12.9. The van der Waals surface area contributed by atoms with Gasteiger partial charge >= 0.3 is 0 Å². The van der Waals surface area contributed by atoms with E-state index in [1.54, 1.807) is 10.7 Å². The minimum absolute atomic E-state index is 0. The molecule has 1 amide bonds. The van der Waals surface area contributed by atoms with Gasteiger partial charge in [-0.1, -0.05) is 18.6 Å². The van der Waals surface area contributed by atoms with E-state index in [0.29, 0.717) is 23.8 Å². The fourth-order valence-electron chi connectivity index (χ4n) is 4.87. The zero-order chi connectivity index (χ0) is 18.3. The normalized spacial score (nSPS) is 27.0. The summed E-state index contributed by atoms with van der Waals surface area (Å²) >= 11 is 0. The summed E-state index contributed by atoms with van der Waals surface area (Å²) in [6.07, 6.45) is 5.29. The van der Waals surface area contributed by atoms with Gasteiger partial charge in [0.05, 0.1) is 5.52 Å². The highest BCUT2D eigenvalue weighted by molar-refractivity contribution is 5.95. The fraction of sp³-hybridized carbons (Fsp3) is 0.550. The molecule has 0 saturated heterocycles. The van der Waals surface area contributed by atoms with Gasteiger partial charge in [0.15, 0.2) is 5.69 Å². The second kappa shape index (κ2) is 7.98. The minimum Gasteiger partial charge on any atom is -0.347 e. The molecule has 2 atom stereocenters. The molecule has 2 aliphatic rings. The number of rotatable bonds is 3. The zero-order valence-corrected chi connectivity index (χ0v) is 16.4. The Balaban J connectivity index is 0.00000210. The molecule has 2 bridgehead atoms. The van der Waals surface area contributed by atoms with Crippen LogP contribution < -0.4 is 16.5 Å². The Morgan fingerprint density at radius 2 is 1.93 bits per heavy atom. The highest BCUT2D eigenvalue weighted by Crippen LogP contribution is 2.39. The average molecular weight is 391 g/mol. The van der Waals surface area contributed by atoms with Crippen molar-refractivity contribution in [2.45, 2.75) is 57.7 Å². The summed E-state index contributed by atoms with van der Waals surface area (Å²) in [4.78, 5) is 25.8. The van der Waals surface area contributed by atoms with Crippen molar-refractivity contribution in [1.29, 1.82) is 0 Å². The molecule has 27 heavy (non-hydrogen) atoms. The first kappa shape index (κ1) is 19.8. The van der Waals surface area contributed by atoms with Crippen LogP contribution in [0.5, 0.6) is 0 Å². The molecule has 0 radical (unpaired) electrons. The van der Waals surface area contributed by atoms with Gasteiger partial charge in [-0.15, -0.1) is 12.4 Å². The Labute approximate surface area is 164 Å². The molecule has 2 fully saturated rings. The van der Waals surface area contributed by atoms with Crippen LogP contribution in [0.25, 0.3) is 10.9 Å². The molecule has 2 aliphatic carbocycles. The molecule has 1 aromatic carbocycles. The number of aromatic nitrogens is 2. The standard InChI is InChI=1S/C20H26N4O2.ClH/c1-2-24-16-9-4-3-8-15(16)19(25)18(23-24)20(26)22-17-12-6-5-7-13(17)11-14(21)10-12;/h3-4,8-9,12-14,17H,2,5-7,10-11,21H2,1H3,(H,22,26);1H. The minimum atomic E-state index is -0.347. The molecule has 2 unspecified atom stereocenters. The second-order valence-corrected chi connectivity index (χ2v) is 7.69. The third kappa shape index (κ3) is 3.60. The van der Waals surface area contributed by atoms with Crippen LogP contribution in [0, 0.1) is 11.8 Å². The maximum Gasteiger partial charge on any atom is 0.276 e. The molecule has 0 spiro atoms. The molecule has 2 aromatic rings. The van der Waals surface area contributed by atoms with Crippen LogP contribution in [0.4, 0.5) is 0 Å². The molecule has 7 heteroatoms. The number of amides is 1. The molecular formula is C20H27ClN4O2. The molecule has 4 rings (SSSR count). The topological polar surface area (TPSA) is 90.0 Å². The Morgan fingerprint density at radius 3 is 2.59 bits per heavy atom. The monoisotopic (exact) mass is 390 g/mol. The van der Waals surface area contributed by atoms with Crippen molar-refractivity contribution in [2.75, 3.05) is 0 Å². The first-order valence-corrected chi connectivity index (χ1v) is 9.64. The van der Waals surface area contributed by atoms with Gasteiger partial charge in [-0.3, -0.25) is 14.3 Å². The van der Waals surface area contributed by atoms with Crippen LogP contribution in [-0.2, 0) is 6.54 Å². The van der Waals surface area contributed by atoms with E-state index >= 15 is 0 Å². The Hall–Kier alpha value is -1.92. The summed E-state index contributed by atoms with van der Waals surface area (Å²) in [5, 5.41) is 8.05. The third-order valence-electron chi connectivity index (χ3n) is 6.05. The summed E-state index contributed by atoms with van der Waals surface area (Å²) < 4.78 is 1.73. The fourth-order valence-corrected chi connectivity index (χ4v) is 4.87. The van der Waals surface area contributed by atoms with Gasteiger partial charge in [-0.05, 0) is 56.6 Å². The van der Waals surface area contributed by atoms with Crippen molar-refractivity contribution in [3.63, 3.8) is 0 Å². The SMILES string of the molecule is CCn1nc(C(=O)NC2C3CCCC2CC(N)C3)c(=O)c2ccccc21.Cl. The van der Waals surface area contributed by atoms with Gasteiger partial charge < -0.3 is 11.1 Å². The lowest BCUT2D eigenvalue weighted by Gasteiger charge is -2.45. The van der Waals surface area contributed by atoms with Crippen molar-refractivity contribution < 1.29 is 4.79 Å². The van der Waals surface area contributed by atoms with E-state index in [-0.39, 0.29) is 41.5 Å². The number of nitrogens with two attached hydrogens (primary N) is 1. The van der Waals surface area contributed by atoms with Crippen molar-refractivity contribution >= 4 is 29.2 Å². The largest absolute Gasteiger partial charge is 0.347 e. The number of nitrogens with one attached hydrogen (secondary N) is 1. The summed E-state index contributed by atoms with van der Waals surface area (Å²) in [5.41, 5.74) is 6.64. The van der Waals surface area contributed by atoms with E-state index in [2.05, 4.69) is 10.4 Å². The quantitative estimate of drug-likeness (QED) is 0.842. The van der Waals surface area contributed by atoms with E-state index in [1.807, 2.05) is 25.1 Å². The molecular weight excluding hydrogens is 364 g/mol. The molecule has 2 saturated carbocycles. The summed E-state index contributed by atoms with van der Waals surface area (Å²) in [6, 6.07) is 7.66. The lowest BCUT2D eigenvalue weighted by atomic mass is 9.67. The lowest BCUT2D eigenvalue weighted by molar-refractivity contribution is 0.0749. The summed E-state index contributed by atoms with van der Waals surface area (Å²) in [5.74, 6) is 0.478. The van der Waals surface area contributed by atoms with Crippen LogP contribution in [0.2, 0.25) is 0 Å². The summed E-state index contributed by atoms with van der Waals surface area (Å²) in [6.45, 7) is 2.56. The van der Waals surface area contributed by atoms with E-state index in [9.17, 15) is 9.59 Å². The van der Waals surface area contributed by atoms with Crippen LogP contribution in [-0.4, -0.2) is 27.8 Å². The lowest BCUT2D eigenvalue weighted by Crippen LogP contribution is -2.54. The smallest absolute Gasteiger partial charge is 0.276 e. The molecule has 0 aliphatic heterocycles. The number of carbonyl (C=O) groups is 1. The van der Waals surface area contributed by atoms with Crippen molar-refractivity contribution in [3.8, 4) is 0 Å². The number of para-hydroxylation sites is 1. The predicted octanol–water partition coefficient (Wildman–Crippen LogP) is 2.47. The molecule has 6 nitrogen and oxygen atoms in total. The molecule has 1 aromatic heterocycles. The van der Waals surface area contributed by atoms with Gasteiger partial charge in [0, 0.05) is 24.0 Å². The Morgan fingerprint density at radius 1 is 1.26 bits per heavy atom. The van der Waals surface area contributed by atoms with E-state index in [1.165, 1.54) is 6.42 Å². The predicted molar refractivity (Wildman–Crippen MR) is 108 cm³/mol. The molecule has 3 N–H and O–H groups in total. The van der Waals surface area contributed by atoms with Gasteiger partial charge in [-0.25, -0.2) is 0 Å². The molecule has 1 heterocycles. The first-order chi connectivity index (χ1) is 12.6. The van der Waals surface area contributed by atoms with Gasteiger partial charge in [0.25, 0.3) is 5.91 Å². The highest BCUT2D eigenvalue weighted by atomic mass is 35.5. The van der Waals surface area contributed by atoms with E-state index in [0.717, 1.165) is 31.2 Å². The number of halogens is 1. The Bertz CT molecular complexity index is 883. The third-order valence-corrected chi connectivity index (χ3v) is 6.05. The average Bonchev–Trinajstić information content (AvgIpc) is 2.63. The van der Waals surface area contributed by atoms with Crippen molar-refractivity contribution in [3.05, 3.63) is 40.2 Å². The van der Waals surface area contributed by atoms with Crippen molar-refractivity contribution in [1.82, 2.24) is 15.1 Å². The van der Waals surface area contributed by atoms with E-state index < -0.39 is 0 Å². The second-order valence-electron chi connectivity index (χ2n) is 7.69. The number of hydrogen-bond acceptors (Lipinski definition) is 4. The van der Waals surface area contributed by atoms with Gasteiger partial charge in [-0.2, -0.15) is 5.10 Å². The van der Waals surface area contributed by atoms with Crippen LogP contribution in [0.1, 0.15) is 49.5 Å². The first-order valence-electron chi connectivity index (χ1n) is 9.64. The highest BCUT2D eigenvalue weighted by Gasteiger charge is 2.40.